The Labute approximate surface area is 123 Å². The Morgan fingerprint density at radius 1 is 0.857 bits per heavy atom. The van der Waals surface area contributed by atoms with Gasteiger partial charge in [-0.05, 0) is 36.4 Å². The molecule has 0 aliphatic carbocycles. The SMILES string of the molecule is CNc1ccccc1C(=O)Nc1ccc(NC(C)=O)cc1. The van der Waals surface area contributed by atoms with Crippen LogP contribution in [0.2, 0.25) is 0 Å². The first kappa shape index (κ1) is 14.6. The van der Waals surface area contributed by atoms with Gasteiger partial charge in [-0.15, -0.1) is 0 Å². The maximum absolute atomic E-state index is 12.2. The molecule has 0 saturated heterocycles. The molecule has 0 heterocycles. The predicted octanol–water partition coefficient (Wildman–Crippen LogP) is 2.94. The van der Waals surface area contributed by atoms with Crippen molar-refractivity contribution in [1.82, 2.24) is 0 Å². The van der Waals surface area contributed by atoms with E-state index >= 15 is 0 Å². The normalized spacial score (nSPS) is 9.81. The van der Waals surface area contributed by atoms with Gasteiger partial charge >= 0.3 is 0 Å². The van der Waals surface area contributed by atoms with E-state index in [2.05, 4.69) is 16.0 Å². The minimum atomic E-state index is -0.188. The fraction of sp³-hybridized carbons (Fsp3) is 0.125. The Balaban J connectivity index is 2.10. The lowest BCUT2D eigenvalue weighted by Crippen LogP contribution is -2.14. The fourth-order valence-corrected chi connectivity index (χ4v) is 1.94. The third kappa shape index (κ3) is 3.82. The highest BCUT2D eigenvalue weighted by Crippen LogP contribution is 2.18. The zero-order chi connectivity index (χ0) is 15.2. The Morgan fingerprint density at radius 2 is 1.43 bits per heavy atom. The van der Waals surface area contributed by atoms with Crippen LogP contribution in [-0.2, 0) is 4.79 Å². The zero-order valence-corrected chi connectivity index (χ0v) is 11.9. The molecule has 0 aromatic heterocycles. The number of carbonyl (C=O) groups excluding carboxylic acids is 2. The van der Waals surface area contributed by atoms with E-state index in [9.17, 15) is 9.59 Å². The molecule has 2 aromatic carbocycles. The van der Waals surface area contributed by atoms with Crippen LogP contribution in [0.15, 0.2) is 48.5 Å². The minimum Gasteiger partial charge on any atom is -0.387 e. The van der Waals surface area contributed by atoms with Crippen molar-refractivity contribution in [2.75, 3.05) is 23.0 Å². The highest BCUT2D eigenvalue weighted by Gasteiger charge is 2.10. The third-order valence-electron chi connectivity index (χ3n) is 2.90. The van der Waals surface area contributed by atoms with Crippen molar-refractivity contribution in [3.05, 3.63) is 54.1 Å². The summed E-state index contributed by atoms with van der Waals surface area (Å²) in [4.78, 5) is 23.2. The topological polar surface area (TPSA) is 70.2 Å². The van der Waals surface area contributed by atoms with Crippen LogP contribution >= 0.6 is 0 Å². The van der Waals surface area contributed by atoms with Crippen molar-refractivity contribution in [3.63, 3.8) is 0 Å². The van der Waals surface area contributed by atoms with Crippen molar-refractivity contribution in [1.29, 1.82) is 0 Å². The summed E-state index contributed by atoms with van der Waals surface area (Å²) in [6.07, 6.45) is 0. The summed E-state index contributed by atoms with van der Waals surface area (Å²) < 4.78 is 0. The fourth-order valence-electron chi connectivity index (χ4n) is 1.94. The standard InChI is InChI=1S/C16H17N3O2/c1-11(20)18-12-7-9-13(10-8-12)19-16(21)14-5-3-4-6-15(14)17-2/h3-10,17H,1-2H3,(H,18,20)(H,19,21). The van der Waals surface area contributed by atoms with Gasteiger partial charge in [-0.2, -0.15) is 0 Å². The first-order chi connectivity index (χ1) is 10.1. The van der Waals surface area contributed by atoms with E-state index in [0.717, 1.165) is 5.69 Å². The lowest BCUT2D eigenvalue weighted by Gasteiger charge is -2.10. The van der Waals surface area contributed by atoms with E-state index in [-0.39, 0.29) is 11.8 Å². The van der Waals surface area contributed by atoms with E-state index in [4.69, 9.17) is 0 Å². The number of hydrogen-bond acceptors (Lipinski definition) is 3. The lowest BCUT2D eigenvalue weighted by molar-refractivity contribution is -0.114. The number of nitrogens with one attached hydrogen (secondary N) is 3. The molecule has 3 N–H and O–H groups in total. The minimum absolute atomic E-state index is 0.130. The predicted molar refractivity (Wildman–Crippen MR) is 84.7 cm³/mol. The maximum atomic E-state index is 12.2. The number of rotatable bonds is 4. The van der Waals surface area contributed by atoms with Crippen LogP contribution < -0.4 is 16.0 Å². The molecule has 2 amide bonds. The maximum Gasteiger partial charge on any atom is 0.257 e. The summed E-state index contributed by atoms with van der Waals surface area (Å²) in [7, 11) is 1.77. The van der Waals surface area contributed by atoms with Gasteiger partial charge < -0.3 is 16.0 Å². The van der Waals surface area contributed by atoms with Crippen molar-refractivity contribution in [2.45, 2.75) is 6.92 Å². The molecular weight excluding hydrogens is 266 g/mol. The molecule has 0 atom stereocenters. The monoisotopic (exact) mass is 283 g/mol. The number of hydrogen-bond donors (Lipinski definition) is 3. The van der Waals surface area contributed by atoms with Crippen LogP contribution in [0.4, 0.5) is 17.1 Å². The van der Waals surface area contributed by atoms with Gasteiger partial charge in [0.15, 0.2) is 0 Å². The van der Waals surface area contributed by atoms with Crippen LogP contribution in [0.5, 0.6) is 0 Å². The van der Waals surface area contributed by atoms with E-state index in [0.29, 0.717) is 16.9 Å². The van der Waals surface area contributed by atoms with E-state index in [1.807, 2.05) is 18.2 Å². The summed E-state index contributed by atoms with van der Waals surface area (Å²) in [5, 5.41) is 8.48. The highest BCUT2D eigenvalue weighted by molar-refractivity contribution is 6.08. The summed E-state index contributed by atoms with van der Waals surface area (Å²) in [5.41, 5.74) is 2.70. The van der Waals surface area contributed by atoms with Gasteiger partial charge in [-0.3, -0.25) is 9.59 Å². The molecule has 0 saturated carbocycles. The van der Waals surface area contributed by atoms with Gasteiger partial charge in [-0.25, -0.2) is 0 Å². The number of carbonyl (C=O) groups is 2. The number of benzene rings is 2. The van der Waals surface area contributed by atoms with E-state index in [1.165, 1.54) is 6.92 Å². The van der Waals surface area contributed by atoms with Crippen LogP contribution in [0.25, 0.3) is 0 Å². The number of para-hydroxylation sites is 1. The molecule has 0 radical (unpaired) electrons. The highest BCUT2D eigenvalue weighted by atomic mass is 16.2. The average molecular weight is 283 g/mol. The summed E-state index contributed by atoms with van der Waals surface area (Å²) in [6, 6.07) is 14.2. The Bertz CT molecular complexity index is 651. The number of anilines is 3. The van der Waals surface area contributed by atoms with Crippen LogP contribution in [-0.4, -0.2) is 18.9 Å². The molecule has 5 heteroatoms. The second-order valence-corrected chi connectivity index (χ2v) is 4.51. The summed E-state index contributed by atoms with van der Waals surface area (Å²) >= 11 is 0. The van der Waals surface area contributed by atoms with Gasteiger partial charge in [-0.1, -0.05) is 12.1 Å². The first-order valence-corrected chi connectivity index (χ1v) is 6.56. The first-order valence-electron chi connectivity index (χ1n) is 6.56. The van der Waals surface area contributed by atoms with Crippen molar-refractivity contribution in [2.24, 2.45) is 0 Å². The molecule has 108 valence electrons. The number of amides is 2. The quantitative estimate of drug-likeness (QED) is 0.808. The zero-order valence-electron chi connectivity index (χ0n) is 11.9. The Hall–Kier alpha value is -2.82. The summed E-state index contributed by atoms with van der Waals surface area (Å²) in [5.74, 6) is -0.318. The molecular formula is C16H17N3O2. The second-order valence-electron chi connectivity index (χ2n) is 4.51. The molecule has 2 aromatic rings. The smallest absolute Gasteiger partial charge is 0.257 e. The molecule has 0 spiro atoms. The molecule has 0 fully saturated rings. The molecule has 21 heavy (non-hydrogen) atoms. The van der Waals surface area contributed by atoms with Gasteiger partial charge in [0.05, 0.1) is 5.56 Å². The molecule has 0 unspecified atom stereocenters. The lowest BCUT2D eigenvalue weighted by atomic mass is 10.1. The van der Waals surface area contributed by atoms with Crippen molar-refractivity contribution < 1.29 is 9.59 Å². The van der Waals surface area contributed by atoms with Crippen LogP contribution in [0, 0.1) is 0 Å². The second kappa shape index (κ2) is 6.56. The van der Waals surface area contributed by atoms with E-state index < -0.39 is 0 Å². The van der Waals surface area contributed by atoms with Gasteiger partial charge in [0.25, 0.3) is 5.91 Å². The third-order valence-corrected chi connectivity index (χ3v) is 2.90. The largest absolute Gasteiger partial charge is 0.387 e. The van der Waals surface area contributed by atoms with Gasteiger partial charge in [0.1, 0.15) is 0 Å². The van der Waals surface area contributed by atoms with Crippen LogP contribution in [0.1, 0.15) is 17.3 Å². The van der Waals surface area contributed by atoms with Crippen molar-refractivity contribution >= 4 is 28.9 Å². The van der Waals surface area contributed by atoms with Crippen molar-refractivity contribution in [3.8, 4) is 0 Å². The molecule has 2 rings (SSSR count). The van der Waals surface area contributed by atoms with Gasteiger partial charge in [0.2, 0.25) is 5.91 Å². The van der Waals surface area contributed by atoms with Gasteiger partial charge in [0, 0.05) is 31.0 Å². The molecule has 5 nitrogen and oxygen atoms in total. The summed E-state index contributed by atoms with van der Waals surface area (Å²) in [6.45, 7) is 1.45. The molecule has 0 bridgehead atoms. The Kier molecular flexibility index (Phi) is 4.56. The molecule has 0 aliphatic rings. The van der Waals surface area contributed by atoms with E-state index in [1.54, 1.807) is 37.4 Å². The van der Waals surface area contributed by atoms with Crippen LogP contribution in [0.3, 0.4) is 0 Å². The Morgan fingerprint density at radius 3 is 2.00 bits per heavy atom. The average Bonchev–Trinajstić information content (AvgIpc) is 2.48. The molecule has 0 aliphatic heterocycles.